The van der Waals surface area contributed by atoms with E-state index in [2.05, 4.69) is 26.4 Å². The van der Waals surface area contributed by atoms with Gasteiger partial charge in [-0.1, -0.05) is 30.3 Å². The molecule has 1 saturated heterocycles. The van der Waals surface area contributed by atoms with Gasteiger partial charge in [0, 0.05) is 39.7 Å². The molecule has 2 aromatic heterocycles. The first-order chi connectivity index (χ1) is 16.5. The number of nitrogens with one attached hydrogen (secondary N) is 1. The molecular weight excluding hydrogens is 432 g/mol. The second-order valence-corrected chi connectivity index (χ2v) is 8.81. The molecule has 10 nitrogen and oxygen atoms in total. The topological polar surface area (TPSA) is 101 Å². The van der Waals surface area contributed by atoms with E-state index in [9.17, 15) is 9.59 Å². The molecule has 1 N–H and O–H groups in total. The van der Waals surface area contributed by atoms with E-state index in [-0.39, 0.29) is 5.82 Å². The minimum Gasteiger partial charge on any atom is -0.363 e. The Hall–Kier alpha value is -3.53. The largest absolute Gasteiger partial charge is 0.363 e. The van der Waals surface area contributed by atoms with Gasteiger partial charge < -0.3 is 19.9 Å². The Balaban J connectivity index is 1.32. The van der Waals surface area contributed by atoms with Crippen molar-refractivity contribution in [2.45, 2.75) is 38.4 Å². The normalized spacial score (nSPS) is 14.4. The molecule has 180 valence electrons. The van der Waals surface area contributed by atoms with Crippen molar-refractivity contribution in [1.29, 1.82) is 0 Å². The molecule has 1 atom stereocenters. The highest BCUT2D eigenvalue weighted by molar-refractivity contribution is 5.92. The summed E-state index contributed by atoms with van der Waals surface area (Å²) in [6, 6.07) is 11.3. The number of hydrogen-bond donors (Lipinski definition) is 1. The molecule has 1 fully saturated rings. The highest BCUT2D eigenvalue weighted by atomic mass is 16.2. The van der Waals surface area contributed by atoms with Crippen LogP contribution >= 0.6 is 0 Å². The van der Waals surface area contributed by atoms with Crippen molar-refractivity contribution in [2.75, 3.05) is 38.6 Å². The fourth-order valence-electron chi connectivity index (χ4n) is 3.90. The molecule has 1 amide bonds. The highest BCUT2D eigenvalue weighted by Crippen LogP contribution is 2.16. The highest BCUT2D eigenvalue weighted by Gasteiger charge is 2.19. The van der Waals surface area contributed by atoms with Crippen molar-refractivity contribution in [3.8, 4) is 0 Å². The zero-order chi connectivity index (χ0) is 23.9. The molecule has 10 heteroatoms. The summed E-state index contributed by atoms with van der Waals surface area (Å²) in [6.45, 7) is 4.38. The second kappa shape index (κ2) is 11.1. The lowest BCUT2D eigenvalue weighted by Crippen LogP contribution is -2.38. The number of aromatic nitrogens is 5. The summed E-state index contributed by atoms with van der Waals surface area (Å²) >= 11 is 0. The molecule has 0 saturated carbocycles. The maximum Gasteiger partial charge on any atom is 0.291 e. The third-order valence-corrected chi connectivity index (χ3v) is 5.96. The predicted molar refractivity (Wildman–Crippen MR) is 129 cm³/mol. The summed E-state index contributed by atoms with van der Waals surface area (Å²) < 4.78 is 3.51. The fraction of sp³-hybridized carbons (Fsp3) is 0.458. The van der Waals surface area contributed by atoms with Crippen LogP contribution in [0.2, 0.25) is 0 Å². The summed E-state index contributed by atoms with van der Waals surface area (Å²) in [4.78, 5) is 32.8. The van der Waals surface area contributed by atoms with Crippen LogP contribution in [0.15, 0.2) is 42.7 Å². The molecule has 34 heavy (non-hydrogen) atoms. The number of likely N-dealkylation sites (tertiary alicyclic amines) is 1. The third-order valence-electron chi connectivity index (χ3n) is 5.96. The number of anilines is 1. The van der Waals surface area contributed by atoms with E-state index in [1.807, 2.05) is 54.0 Å². The number of amides is 1. The zero-order valence-electron chi connectivity index (χ0n) is 19.8. The number of aryl methyl sites for hydroxylation is 1. The van der Waals surface area contributed by atoms with Crippen LogP contribution in [0.4, 0.5) is 5.82 Å². The average Bonchev–Trinajstić information content (AvgIpc) is 3.43. The maximum absolute atomic E-state index is 12.6. The zero-order valence-corrected chi connectivity index (χ0v) is 19.8. The Morgan fingerprint density at radius 3 is 2.65 bits per heavy atom. The predicted octanol–water partition coefficient (Wildman–Crippen LogP) is 1.22. The van der Waals surface area contributed by atoms with Gasteiger partial charge in [-0.05, 0) is 31.5 Å². The Bertz CT molecular complexity index is 1090. The van der Waals surface area contributed by atoms with Crippen LogP contribution in [0.25, 0.3) is 0 Å². The SMILES string of the molecule is CN(C)c1cc(CCN2CCC2)nn1CCC(C=O)NC(=O)c1ncn(Cc2ccccc2)n1. The van der Waals surface area contributed by atoms with E-state index in [4.69, 9.17) is 5.10 Å². The number of benzene rings is 1. The summed E-state index contributed by atoms with van der Waals surface area (Å²) in [7, 11) is 3.95. The number of aldehydes is 1. The van der Waals surface area contributed by atoms with Crippen molar-refractivity contribution >= 4 is 18.0 Å². The van der Waals surface area contributed by atoms with Gasteiger partial charge in [-0.15, -0.1) is 5.10 Å². The molecule has 1 aliphatic rings. The molecule has 1 aromatic carbocycles. The minimum atomic E-state index is -0.655. The summed E-state index contributed by atoms with van der Waals surface area (Å²) in [5, 5.41) is 11.7. The molecule has 1 aliphatic heterocycles. The summed E-state index contributed by atoms with van der Waals surface area (Å²) in [5.41, 5.74) is 2.10. The van der Waals surface area contributed by atoms with Gasteiger partial charge in [0.05, 0.1) is 18.3 Å². The molecule has 0 aliphatic carbocycles. The second-order valence-electron chi connectivity index (χ2n) is 8.81. The first kappa shape index (κ1) is 23.6. The van der Waals surface area contributed by atoms with Gasteiger partial charge in [-0.25, -0.2) is 14.3 Å². The van der Waals surface area contributed by atoms with Crippen molar-refractivity contribution < 1.29 is 9.59 Å². The molecular formula is C24H32N8O2. The standard InChI is InChI=1S/C24H32N8O2/c1-29(2)22-15-20(9-13-30-11-6-12-30)27-32(22)14-10-21(17-33)26-24(34)23-25-18-31(28-23)16-19-7-4-3-5-8-19/h3-5,7-8,15,17-18,21H,6,9-14,16H2,1-2H3,(H,26,34). The van der Waals surface area contributed by atoms with E-state index in [0.717, 1.165) is 36.3 Å². The van der Waals surface area contributed by atoms with Crippen molar-refractivity contribution in [3.63, 3.8) is 0 Å². The molecule has 3 aromatic rings. The Labute approximate surface area is 199 Å². The number of carbonyl (C=O) groups excluding carboxylic acids is 2. The minimum absolute atomic E-state index is 0.0455. The number of hydrogen-bond acceptors (Lipinski definition) is 7. The van der Waals surface area contributed by atoms with Gasteiger partial charge >= 0.3 is 0 Å². The first-order valence-electron chi connectivity index (χ1n) is 11.7. The third kappa shape index (κ3) is 6.07. The van der Waals surface area contributed by atoms with Gasteiger partial charge in [0.1, 0.15) is 18.4 Å². The van der Waals surface area contributed by atoms with Crippen molar-refractivity contribution in [1.82, 2.24) is 34.8 Å². The molecule has 3 heterocycles. The lowest BCUT2D eigenvalue weighted by atomic mass is 10.2. The Morgan fingerprint density at radius 1 is 1.18 bits per heavy atom. The Kier molecular flexibility index (Phi) is 7.69. The smallest absolute Gasteiger partial charge is 0.291 e. The van der Waals surface area contributed by atoms with Crippen molar-refractivity contribution in [2.24, 2.45) is 0 Å². The van der Waals surface area contributed by atoms with Crippen LogP contribution in [0, 0.1) is 0 Å². The molecule has 0 spiro atoms. The van der Waals surface area contributed by atoms with E-state index in [1.165, 1.54) is 25.8 Å². The Morgan fingerprint density at radius 2 is 1.97 bits per heavy atom. The number of carbonyl (C=O) groups is 2. The number of nitrogens with zero attached hydrogens (tertiary/aromatic N) is 7. The lowest BCUT2D eigenvalue weighted by molar-refractivity contribution is -0.109. The van der Waals surface area contributed by atoms with Gasteiger partial charge in [0.25, 0.3) is 5.91 Å². The van der Waals surface area contributed by atoms with Gasteiger partial charge in [0.2, 0.25) is 5.82 Å². The van der Waals surface area contributed by atoms with Crippen LogP contribution in [-0.4, -0.2) is 81.4 Å². The maximum atomic E-state index is 12.6. The number of rotatable bonds is 12. The van der Waals surface area contributed by atoms with Crippen LogP contribution in [-0.2, 0) is 24.3 Å². The quantitative estimate of drug-likeness (QED) is 0.402. The van der Waals surface area contributed by atoms with E-state index in [0.29, 0.717) is 19.5 Å². The van der Waals surface area contributed by atoms with Gasteiger partial charge in [-0.2, -0.15) is 5.10 Å². The van der Waals surface area contributed by atoms with E-state index < -0.39 is 11.9 Å². The van der Waals surface area contributed by atoms with Crippen molar-refractivity contribution in [3.05, 3.63) is 59.8 Å². The lowest BCUT2D eigenvalue weighted by Gasteiger charge is -2.30. The molecule has 4 rings (SSSR count). The van der Waals surface area contributed by atoms with Gasteiger partial charge in [-0.3, -0.25) is 4.79 Å². The molecule has 0 radical (unpaired) electrons. The fourth-order valence-corrected chi connectivity index (χ4v) is 3.90. The average molecular weight is 465 g/mol. The first-order valence-corrected chi connectivity index (χ1v) is 11.7. The van der Waals surface area contributed by atoms with Crippen LogP contribution in [0.3, 0.4) is 0 Å². The van der Waals surface area contributed by atoms with E-state index in [1.54, 1.807) is 4.68 Å². The summed E-state index contributed by atoms with van der Waals surface area (Å²) in [6.07, 6.45) is 4.88. The monoisotopic (exact) mass is 464 g/mol. The van der Waals surface area contributed by atoms with Crippen LogP contribution < -0.4 is 10.2 Å². The van der Waals surface area contributed by atoms with Crippen LogP contribution in [0.5, 0.6) is 0 Å². The molecule has 0 bridgehead atoms. The van der Waals surface area contributed by atoms with Crippen LogP contribution in [0.1, 0.15) is 34.7 Å². The van der Waals surface area contributed by atoms with Gasteiger partial charge in [0.15, 0.2) is 0 Å². The summed E-state index contributed by atoms with van der Waals surface area (Å²) in [5.74, 6) is 0.562. The van der Waals surface area contributed by atoms with E-state index >= 15 is 0 Å². The molecule has 1 unspecified atom stereocenters.